The van der Waals surface area contributed by atoms with E-state index in [4.69, 9.17) is 4.74 Å². The van der Waals surface area contributed by atoms with Crippen molar-refractivity contribution in [3.8, 4) is 0 Å². The van der Waals surface area contributed by atoms with E-state index in [1.807, 2.05) is 0 Å². The van der Waals surface area contributed by atoms with E-state index in [1.54, 1.807) is 4.90 Å². The lowest BCUT2D eigenvalue weighted by Crippen LogP contribution is -3.14. The monoisotopic (exact) mass is 202 g/mol. The highest BCUT2D eigenvalue weighted by Crippen LogP contribution is 1.81. The number of nitrogens with two attached hydrogens (primary N) is 1. The number of hydrogen-bond donors (Lipinski definition) is 2. The van der Waals surface area contributed by atoms with E-state index < -0.39 is 0 Å². The molecule has 0 aromatic rings. The Morgan fingerprint density at radius 3 is 2.64 bits per heavy atom. The first-order valence-electron chi connectivity index (χ1n) is 6.02. The van der Waals surface area contributed by atoms with Crippen LogP contribution in [0, 0.1) is 5.92 Å². The number of morpholine rings is 1. The molecule has 1 rings (SSSR count). The van der Waals surface area contributed by atoms with Crippen molar-refractivity contribution >= 4 is 0 Å². The Morgan fingerprint density at radius 2 is 2.00 bits per heavy atom. The van der Waals surface area contributed by atoms with Crippen LogP contribution >= 0.6 is 0 Å². The summed E-state index contributed by atoms with van der Waals surface area (Å²) in [7, 11) is 0. The van der Waals surface area contributed by atoms with Crippen molar-refractivity contribution in [3.05, 3.63) is 0 Å². The van der Waals surface area contributed by atoms with Crippen molar-refractivity contribution < 1.29 is 15.0 Å². The third-order valence-electron chi connectivity index (χ3n) is 2.78. The molecule has 1 aliphatic rings. The molecule has 3 N–H and O–H groups in total. The largest absolute Gasteiger partial charge is 0.370 e. The molecule has 3 nitrogen and oxygen atoms in total. The molecule has 0 radical (unpaired) electrons. The summed E-state index contributed by atoms with van der Waals surface area (Å²) in [5.74, 6) is 0.825. The molecule has 1 heterocycles. The second kappa shape index (κ2) is 7.21. The van der Waals surface area contributed by atoms with Crippen LogP contribution in [0.4, 0.5) is 0 Å². The maximum Gasteiger partial charge on any atom is 0.101 e. The molecule has 0 atom stereocenters. The van der Waals surface area contributed by atoms with Gasteiger partial charge in [-0.25, -0.2) is 0 Å². The van der Waals surface area contributed by atoms with Crippen LogP contribution in [0.15, 0.2) is 0 Å². The lowest BCUT2D eigenvalue weighted by atomic mass is 10.2. The molecule has 1 saturated heterocycles. The highest BCUT2D eigenvalue weighted by molar-refractivity contribution is 4.40. The molecule has 0 spiro atoms. The predicted octanol–water partition coefficient (Wildman–Crippen LogP) is -1.49. The fourth-order valence-corrected chi connectivity index (χ4v) is 1.86. The summed E-state index contributed by atoms with van der Waals surface area (Å²) in [6.45, 7) is 12.8. The fraction of sp³-hybridized carbons (Fsp3) is 1.00. The highest BCUT2D eigenvalue weighted by atomic mass is 16.5. The maximum absolute atomic E-state index is 5.33. The molecule has 0 amide bonds. The number of quaternary nitrogens is 2. The predicted molar refractivity (Wildman–Crippen MR) is 57.5 cm³/mol. The standard InChI is InChI=1S/C11H24N2O/c1-11(2)10-12-4-3-5-13-6-8-14-9-7-13/h11-12H,3-10H2,1-2H3/p+2. The Labute approximate surface area is 87.8 Å². The Kier molecular flexibility index (Phi) is 6.15. The van der Waals surface area contributed by atoms with Gasteiger partial charge in [0.05, 0.1) is 32.8 Å². The lowest BCUT2D eigenvalue weighted by Gasteiger charge is -2.23. The van der Waals surface area contributed by atoms with Crippen LogP contribution < -0.4 is 10.2 Å². The van der Waals surface area contributed by atoms with Crippen LogP contribution in [-0.2, 0) is 4.74 Å². The van der Waals surface area contributed by atoms with E-state index in [2.05, 4.69) is 19.2 Å². The van der Waals surface area contributed by atoms with Crippen LogP contribution in [0.2, 0.25) is 0 Å². The third kappa shape index (κ3) is 5.58. The molecule has 14 heavy (non-hydrogen) atoms. The van der Waals surface area contributed by atoms with E-state index in [-0.39, 0.29) is 0 Å². The molecule has 1 aliphatic heterocycles. The number of rotatable bonds is 6. The molecule has 1 fully saturated rings. The van der Waals surface area contributed by atoms with Crippen molar-refractivity contribution in [2.45, 2.75) is 20.3 Å². The van der Waals surface area contributed by atoms with Crippen LogP contribution in [0.5, 0.6) is 0 Å². The molecule has 0 aromatic carbocycles. The summed E-state index contributed by atoms with van der Waals surface area (Å²) < 4.78 is 5.33. The van der Waals surface area contributed by atoms with Gasteiger partial charge in [-0.3, -0.25) is 0 Å². The second-order valence-corrected chi connectivity index (χ2v) is 4.67. The molecule has 84 valence electrons. The number of ether oxygens (including phenoxy) is 1. The Bertz CT molecular complexity index is 133. The average molecular weight is 202 g/mol. The Balaban J connectivity index is 1.87. The Hall–Kier alpha value is -0.120. The SMILES string of the molecule is CC(C)C[NH2+]CCC[NH+]1CCOCC1. The molecule has 0 saturated carbocycles. The maximum atomic E-state index is 5.33. The fourth-order valence-electron chi connectivity index (χ4n) is 1.86. The van der Waals surface area contributed by atoms with E-state index in [9.17, 15) is 0 Å². The smallest absolute Gasteiger partial charge is 0.101 e. The summed E-state index contributed by atoms with van der Waals surface area (Å²) >= 11 is 0. The zero-order valence-corrected chi connectivity index (χ0v) is 9.72. The molecule has 0 aromatic heterocycles. The summed E-state index contributed by atoms with van der Waals surface area (Å²) in [5, 5.41) is 2.45. The second-order valence-electron chi connectivity index (χ2n) is 4.67. The zero-order valence-electron chi connectivity index (χ0n) is 9.72. The van der Waals surface area contributed by atoms with Gasteiger partial charge < -0.3 is 15.0 Å². The van der Waals surface area contributed by atoms with Crippen LogP contribution in [0.1, 0.15) is 20.3 Å². The van der Waals surface area contributed by atoms with Gasteiger partial charge in [0.2, 0.25) is 0 Å². The van der Waals surface area contributed by atoms with E-state index >= 15 is 0 Å². The van der Waals surface area contributed by atoms with Gasteiger partial charge in [0, 0.05) is 12.3 Å². The third-order valence-corrected chi connectivity index (χ3v) is 2.78. The van der Waals surface area contributed by atoms with Gasteiger partial charge >= 0.3 is 0 Å². The van der Waals surface area contributed by atoms with Gasteiger partial charge in [-0.1, -0.05) is 13.8 Å². The molecular weight excluding hydrogens is 176 g/mol. The van der Waals surface area contributed by atoms with Gasteiger partial charge in [0.25, 0.3) is 0 Å². The first kappa shape index (κ1) is 12.0. The summed E-state index contributed by atoms with van der Waals surface area (Å²) in [4.78, 5) is 1.73. The zero-order chi connectivity index (χ0) is 10.2. The van der Waals surface area contributed by atoms with Gasteiger partial charge in [-0.2, -0.15) is 0 Å². The minimum Gasteiger partial charge on any atom is -0.370 e. The number of nitrogens with one attached hydrogen (secondary N) is 1. The van der Waals surface area contributed by atoms with Crippen molar-refractivity contribution in [3.63, 3.8) is 0 Å². The molecule has 0 aliphatic carbocycles. The molecular formula is C11H26N2O+2. The van der Waals surface area contributed by atoms with Gasteiger partial charge in [-0.15, -0.1) is 0 Å². The summed E-state index contributed by atoms with van der Waals surface area (Å²) in [6.07, 6.45) is 1.35. The van der Waals surface area contributed by atoms with E-state index in [0.717, 1.165) is 19.1 Å². The van der Waals surface area contributed by atoms with Gasteiger partial charge in [0.1, 0.15) is 13.1 Å². The van der Waals surface area contributed by atoms with Gasteiger partial charge in [-0.05, 0) is 0 Å². The topological polar surface area (TPSA) is 30.3 Å². The summed E-state index contributed by atoms with van der Waals surface area (Å²) in [5.41, 5.74) is 0. The van der Waals surface area contributed by atoms with E-state index in [1.165, 1.54) is 39.1 Å². The number of hydrogen-bond acceptors (Lipinski definition) is 1. The van der Waals surface area contributed by atoms with Crippen LogP contribution in [0.25, 0.3) is 0 Å². The van der Waals surface area contributed by atoms with Crippen LogP contribution in [-0.4, -0.2) is 45.9 Å². The van der Waals surface area contributed by atoms with Crippen molar-refractivity contribution in [1.82, 2.24) is 0 Å². The van der Waals surface area contributed by atoms with Crippen molar-refractivity contribution in [2.75, 3.05) is 45.9 Å². The lowest BCUT2D eigenvalue weighted by molar-refractivity contribution is -0.909. The van der Waals surface area contributed by atoms with Crippen molar-refractivity contribution in [1.29, 1.82) is 0 Å². The van der Waals surface area contributed by atoms with Crippen molar-refractivity contribution in [2.24, 2.45) is 5.92 Å². The minimum atomic E-state index is 0.825. The Morgan fingerprint density at radius 1 is 1.29 bits per heavy atom. The summed E-state index contributed by atoms with van der Waals surface area (Å²) in [6, 6.07) is 0. The average Bonchev–Trinajstić information content (AvgIpc) is 2.18. The molecule has 3 heteroatoms. The normalized spacial score (nSPS) is 19.1. The quantitative estimate of drug-likeness (QED) is 0.505. The minimum absolute atomic E-state index is 0.825. The molecule has 0 unspecified atom stereocenters. The highest BCUT2D eigenvalue weighted by Gasteiger charge is 2.12. The first-order chi connectivity index (χ1) is 6.79. The van der Waals surface area contributed by atoms with E-state index in [0.29, 0.717) is 0 Å². The van der Waals surface area contributed by atoms with Gasteiger partial charge in [0.15, 0.2) is 0 Å². The van der Waals surface area contributed by atoms with Crippen LogP contribution in [0.3, 0.4) is 0 Å². The molecule has 0 bridgehead atoms. The first-order valence-corrected chi connectivity index (χ1v) is 6.02.